The van der Waals surface area contributed by atoms with Crippen LogP contribution in [-0.2, 0) is 0 Å². The van der Waals surface area contributed by atoms with Crippen molar-refractivity contribution in [3.8, 4) is 12.3 Å². The van der Waals surface area contributed by atoms with Gasteiger partial charge < -0.3 is 5.32 Å². The van der Waals surface area contributed by atoms with E-state index in [1.165, 1.54) is 6.42 Å². The van der Waals surface area contributed by atoms with Gasteiger partial charge in [0.05, 0.1) is 0 Å². The van der Waals surface area contributed by atoms with Gasteiger partial charge in [0, 0.05) is 12.5 Å². The molecule has 0 bridgehead atoms. The van der Waals surface area contributed by atoms with Crippen molar-refractivity contribution in [2.75, 3.05) is 7.05 Å². The van der Waals surface area contributed by atoms with Crippen molar-refractivity contribution in [3.63, 3.8) is 0 Å². The molecule has 1 atom stereocenters. The summed E-state index contributed by atoms with van der Waals surface area (Å²) in [5.41, 5.74) is 0. The second kappa shape index (κ2) is 5.32. The van der Waals surface area contributed by atoms with Crippen molar-refractivity contribution in [1.82, 2.24) is 5.32 Å². The van der Waals surface area contributed by atoms with Crippen LogP contribution in [0.2, 0.25) is 0 Å². The number of hydrogen-bond donors (Lipinski definition) is 1. The maximum absolute atomic E-state index is 5.19. The predicted octanol–water partition coefficient (Wildman–Crippen LogP) is 1.64. The van der Waals surface area contributed by atoms with Crippen LogP contribution in [-0.4, -0.2) is 13.1 Å². The molecule has 1 nitrogen and oxygen atoms in total. The lowest BCUT2D eigenvalue weighted by Crippen LogP contribution is -2.26. The van der Waals surface area contributed by atoms with Crippen LogP contribution in [0.4, 0.5) is 0 Å². The van der Waals surface area contributed by atoms with Gasteiger partial charge >= 0.3 is 0 Å². The summed E-state index contributed by atoms with van der Waals surface area (Å²) < 4.78 is 0. The van der Waals surface area contributed by atoms with E-state index in [9.17, 15) is 0 Å². The SMILES string of the molecule is C#CCC(CC(C)C)NC. The zero-order chi connectivity index (χ0) is 7.98. The average Bonchev–Trinajstić information content (AvgIpc) is 1.86. The molecular formula is C9H17N. The molecule has 0 radical (unpaired) electrons. The number of hydrogen-bond acceptors (Lipinski definition) is 1. The van der Waals surface area contributed by atoms with Crippen LogP contribution in [0.5, 0.6) is 0 Å². The molecule has 0 fully saturated rings. The van der Waals surface area contributed by atoms with Crippen LogP contribution in [0.15, 0.2) is 0 Å². The highest BCUT2D eigenvalue weighted by molar-refractivity contribution is 4.89. The lowest BCUT2D eigenvalue weighted by atomic mass is 10.0. The molecule has 0 amide bonds. The summed E-state index contributed by atoms with van der Waals surface area (Å²) in [6.07, 6.45) is 7.20. The fraction of sp³-hybridized carbons (Fsp3) is 0.778. The van der Waals surface area contributed by atoms with Crippen LogP contribution >= 0.6 is 0 Å². The van der Waals surface area contributed by atoms with Gasteiger partial charge in [-0.2, -0.15) is 0 Å². The number of nitrogens with one attached hydrogen (secondary N) is 1. The zero-order valence-electron chi connectivity index (χ0n) is 7.15. The minimum absolute atomic E-state index is 0.505. The molecule has 0 rings (SSSR count). The van der Waals surface area contributed by atoms with E-state index in [1.54, 1.807) is 0 Å². The molecule has 0 aromatic rings. The Morgan fingerprint density at radius 2 is 2.10 bits per heavy atom. The van der Waals surface area contributed by atoms with Crippen LogP contribution in [0.3, 0.4) is 0 Å². The van der Waals surface area contributed by atoms with Crippen molar-refractivity contribution in [2.45, 2.75) is 32.7 Å². The summed E-state index contributed by atoms with van der Waals surface area (Å²) >= 11 is 0. The molecule has 0 aromatic carbocycles. The van der Waals surface area contributed by atoms with Gasteiger partial charge in [-0.1, -0.05) is 13.8 Å². The molecule has 58 valence electrons. The summed E-state index contributed by atoms with van der Waals surface area (Å²) in [5.74, 6) is 3.39. The Hall–Kier alpha value is -0.480. The molecule has 1 unspecified atom stereocenters. The Bertz CT molecular complexity index is 110. The van der Waals surface area contributed by atoms with Gasteiger partial charge in [0.15, 0.2) is 0 Å². The molecule has 0 aliphatic rings. The van der Waals surface area contributed by atoms with Gasteiger partial charge in [0.1, 0.15) is 0 Å². The first kappa shape index (κ1) is 9.52. The van der Waals surface area contributed by atoms with E-state index in [0.717, 1.165) is 12.3 Å². The summed E-state index contributed by atoms with van der Waals surface area (Å²) in [6.45, 7) is 4.42. The smallest absolute Gasteiger partial charge is 0.0240 e. The van der Waals surface area contributed by atoms with Gasteiger partial charge in [-0.25, -0.2) is 0 Å². The third kappa shape index (κ3) is 4.40. The van der Waals surface area contributed by atoms with E-state index < -0.39 is 0 Å². The molecule has 0 aromatic heterocycles. The normalized spacial score (nSPS) is 13.1. The lowest BCUT2D eigenvalue weighted by Gasteiger charge is -2.14. The Labute approximate surface area is 64.2 Å². The van der Waals surface area contributed by atoms with Crippen LogP contribution in [0, 0.1) is 18.3 Å². The minimum Gasteiger partial charge on any atom is -0.316 e. The first-order chi connectivity index (χ1) is 4.70. The Kier molecular flexibility index (Phi) is 5.06. The van der Waals surface area contributed by atoms with Crippen molar-refractivity contribution < 1.29 is 0 Å². The van der Waals surface area contributed by atoms with E-state index in [-0.39, 0.29) is 0 Å². The maximum atomic E-state index is 5.19. The third-order valence-corrected chi connectivity index (χ3v) is 1.53. The summed E-state index contributed by atoms with van der Waals surface area (Å²) in [4.78, 5) is 0. The molecule has 0 aliphatic heterocycles. The van der Waals surface area contributed by atoms with Crippen molar-refractivity contribution in [1.29, 1.82) is 0 Å². The van der Waals surface area contributed by atoms with Crippen LogP contribution < -0.4 is 5.32 Å². The first-order valence-electron chi connectivity index (χ1n) is 3.81. The second-order valence-electron chi connectivity index (χ2n) is 3.02. The van der Waals surface area contributed by atoms with Gasteiger partial charge in [0.2, 0.25) is 0 Å². The summed E-state index contributed by atoms with van der Waals surface area (Å²) in [6, 6.07) is 0.505. The highest BCUT2D eigenvalue weighted by Crippen LogP contribution is 2.06. The molecular weight excluding hydrogens is 122 g/mol. The molecule has 1 N–H and O–H groups in total. The molecule has 0 spiro atoms. The minimum atomic E-state index is 0.505. The maximum Gasteiger partial charge on any atom is 0.0240 e. The molecule has 0 aliphatic carbocycles. The molecule has 0 saturated heterocycles. The topological polar surface area (TPSA) is 12.0 Å². The van der Waals surface area contributed by atoms with Crippen molar-refractivity contribution >= 4 is 0 Å². The fourth-order valence-corrected chi connectivity index (χ4v) is 1.01. The summed E-state index contributed by atoms with van der Waals surface area (Å²) in [5, 5.41) is 3.19. The first-order valence-corrected chi connectivity index (χ1v) is 3.81. The largest absolute Gasteiger partial charge is 0.316 e. The quantitative estimate of drug-likeness (QED) is 0.584. The number of rotatable bonds is 4. The fourth-order valence-electron chi connectivity index (χ4n) is 1.01. The average molecular weight is 139 g/mol. The van der Waals surface area contributed by atoms with E-state index in [4.69, 9.17) is 6.42 Å². The summed E-state index contributed by atoms with van der Waals surface area (Å²) in [7, 11) is 1.96. The van der Waals surface area contributed by atoms with Gasteiger partial charge in [0.25, 0.3) is 0 Å². The molecule has 0 heterocycles. The second-order valence-corrected chi connectivity index (χ2v) is 3.02. The zero-order valence-corrected chi connectivity index (χ0v) is 7.15. The third-order valence-electron chi connectivity index (χ3n) is 1.53. The molecule has 0 saturated carbocycles. The lowest BCUT2D eigenvalue weighted by molar-refractivity contribution is 0.450. The molecule has 1 heteroatoms. The van der Waals surface area contributed by atoms with Gasteiger partial charge in [-0.15, -0.1) is 12.3 Å². The standard InChI is InChI=1S/C9H17N/c1-5-6-9(10-4)7-8(2)3/h1,8-10H,6-7H2,2-4H3. The number of terminal acetylenes is 1. The van der Waals surface area contributed by atoms with Gasteiger partial charge in [-0.05, 0) is 19.4 Å². The van der Waals surface area contributed by atoms with E-state index in [0.29, 0.717) is 6.04 Å². The van der Waals surface area contributed by atoms with E-state index in [1.807, 2.05) is 7.05 Å². The Balaban J connectivity index is 3.52. The van der Waals surface area contributed by atoms with Crippen molar-refractivity contribution in [2.24, 2.45) is 5.92 Å². The van der Waals surface area contributed by atoms with E-state index >= 15 is 0 Å². The Morgan fingerprint density at radius 3 is 2.40 bits per heavy atom. The van der Waals surface area contributed by atoms with Gasteiger partial charge in [-0.3, -0.25) is 0 Å². The van der Waals surface area contributed by atoms with Crippen molar-refractivity contribution in [3.05, 3.63) is 0 Å². The predicted molar refractivity (Wildman–Crippen MR) is 45.8 cm³/mol. The monoisotopic (exact) mass is 139 g/mol. The van der Waals surface area contributed by atoms with Crippen LogP contribution in [0.1, 0.15) is 26.7 Å². The Morgan fingerprint density at radius 1 is 1.50 bits per heavy atom. The highest BCUT2D eigenvalue weighted by Gasteiger charge is 2.05. The molecule has 10 heavy (non-hydrogen) atoms. The van der Waals surface area contributed by atoms with E-state index in [2.05, 4.69) is 25.1 Å². The highest BCUT2D eigenvalue weighted by atomic mass is 14.9. The van der Waals surface area contributed by atoms with Crippen LogP contribution in [0.25, 0.3) is 0 Å².